The molecule has 0 saturated carbocycles. The fraction of sp³-hybridized carbons (Fsp3) is 0.296. The number of allylic oxidation sites excluding steroid dienone is 2. The van der Waals surface area contributed by atoms with Crippen LogP contribution >= 0.6 is 0 Å². The smallest absolute Gasteiger partial charge is 0.344 e. The maximum Gasteiger partial charge on any atom is 0.344 e. The average Bonchev–Trinajstić information content (AvgIpc) is 2.57. The van der Waals surface area contributed by atoms with E-state index in [0.717, 1.165) is 28.2 Å². The van der Waals surface area contributed by atoms with Crippen molar-refractivity contribution in [2.45, 2.75) is 82.9 Å². The number of hydrogen-bond donors (Lipinski definition) is 3. The molecule has 3 N–H and O–H groups in total. The van der Waals surface area contributed by atoms with E-state index in [4.69, 9.17) is 42.3 Å². The van der Waals surface area contributed by atoms with Crippen molar-refractivity contribution in [1.29, 1.82) is 0 Å². The molecule has 3 heterocycles. The Balaban J connectivity index is 0.000000190. The highest BCUT2D eigenvalue weighted by molar-refractivity contribution is 6.18. The molecule has 1 aromatic heterocycles. The number of unbranched alkanes of at least 4 members (excludes halogenated alkanes) is 2. The van der Waals surface area contributed by atoms with Crippen molar-refractivity contribution in [3.63, 3.8) is 0 Å². The molecule has 4 aromatic carbocycles. The van der Waals surface area contributed by atoms with Crippen LogP contribution in [0.2, 0.25) is 0 Å². The zero-order valence-corrected chi connectivity index (χ0v) is 49.8. The van der Waals surface area contributed by atoms with Crippen molar-refractivity contribution in [3.05, 3.63) is 234 Å². The summed E-state index contributed by atoms with van der Waals surface area (Å²) in [7, 11) is 0. The van der Waals surface area contributed by atoms with Gasteiger partial charge in [-0.05, 0) is 112 Å². The molecule has 0 saturated heterocycles. The molecule has 2 aliphatic heterocycles. The van der Waals surface area contributed by atoms with Gasteiger partial charge in [0.05, 0.1) is 42.1 Å². The summed E-state index contributed by atoms with van der Waals surface area (Å²) >= 11 is 0. The second-order valence-electron chi connectivity index (χ2n) is 21.2. The number of esters is 5. The first-order chi connectivity index (χ1) is 42.9. The number of fused-ring (bicyclic) bond motifs is 3. The van der Waals surface area contributed by atoms with Crippen LogP contribution in [0.15, 0.2) is 222 Å². The Hall–Kier alpha value is -9.62. The molecule has 4 aliphatic rings. The van der Waals surface area contributed by atoms with Crippen LogP contribution in [0.4, 0.5) is 0 Å². The highest BCUT2D eigenvalue weighted by atomic mass is 16.6. The second kappa shape index (κ2) is 34.1. The number of carbonyl (C=O) groups is 5. The van der Waals surface area contributed by atoms with Gasteiger partial charge in [0, 0.05) is 40.5 Å². The predicted molar refractivity (Wildman–Crippen MR) is 334 cm³/mol. The maximum absolute atomic E-state index is 12.4. The molecule has 0 bridgehead atoms. The van der Waals surface area contributed by atoms with Crippen LogP contribution in [0.5, 0.6) is 5.75 Å². The number of carbonyl (C=O) groups excluding carboxylic acids is 5. The third-order valence-electron chi connectivity index (χ3n) is 13.9. The highest BCUT2D eigenvalue weighted by Gasteiger charge is 2.33. The normalized spacial score (nSPS) is 17.9. The Morgan fingerprint density at radius 2 is 1.02 bits per heavy atom. The zero-order chi connectivity index (χ0) is 63.7. The van der Waals surface area contributed by atoms with Crippen LogP contribution in [0.3, 0.4) is 0 Å². The van der Waals surface area contributed by atoms with Crippen molar-refractivity contribution in [1.82, 2.24) is 0 Å². The third kappa shape index (κ3) is 21.1. The molecule has 0 radical (unpaired) electrons. The first kappa shape index (κ1) is 66.9. The van der Waals surface area contributed by atoms with E-state index in [-0.39, 0.29) is 55.8 Å². The van der Waals surface area contributed by atoms with Gasteiger partial charge in [0.2, 0.25) is 0 Å². The molecule has 7 unspecified atom stereocenters. The summed E-state index contributed by atoms with van der Waals surface area (Å²) in [6.07, 6.45) is 16.8. The van der Waals surface area contributed by atoms with E-state index in [1.54, 1.807) is 43.3 Å². The van der Waals surface area contributed by atoms with Crippen LogP contribution in [0, 0.1) is 11.8 Å². The van der Waals surface area contributed by atoms with E-state index in [1.165, 1.54) is 6.92 Å². The number of ether oxygens (including phenoxy) is 8. The fourth-order valence-electron chi connectivity index (χ4n) is 9.14. The predicted octanol–water partition coefficient (Wildman–Crippen LogP) is 10.4. The molecule has 18 nitrogen and oxygen atoms in total. The quantitative estimate of drug-likeness (QED) is 0.0145. The summed E-state index contributed by atoms with van der Waals surface area (Å²) in [4.78, 5) is 70.7. The van der Waals surface area contributed by atoms with E-state index in [2.05, 4.69) is 19.7 Å². The lowest BCUT2D eigenvalue weighted by atomic mass is 9.90. The Bertz CT molecular complexity index is 3540. The third-order valence-corrected chi connectivity index (χ3v) is 13.9. The van der Waals surface area contributed by atoms with Gasteiger partial charge < -0.3 is 57.6 Å². The van der Waals surface area contributed by atoms with Gasteiger partial charge in [0.25, 0.3) is 0 Å². The summed E-state index contributed by atoms with van der Waals surface area (Å²) in [6, 6.07) is 35.0. The largest absolute Gasteiger partial charge is 0.491 e. The van der Waals surface area contributed by atoms with Crippen molar-refractivity contribution in [2.24, 2.45) is 11.8 Å². The Kier molecular flexibility index (Phi) is 25.6. The van der Waals surface area contributed by atoms with Gasteiger partial charge in [-0.3, -0.25) is 0 Å². The van der Waals surface area contributed by atoms with E-state index in [0.29, 0.717) is 96.9 Å². The Morgan fingerprint density at radius 3 is 1.52 bits per heavy atom. The molecule has 0 spiro atoms. The van der Waals surface area contributed by atoms with Gasteiger partial charge in [-0.15, -0.1) is 0 Å². The van der Waals surface area contributed by atoms with E-state index in [1.807, 2.05) is 127 Å². The Labute approximate surface area is 516 Å². The number of rotatable bonds is 27. The highest BCUT2D eigenvalue weighted by Crippen LogP contribution is 2.34. The number of benzene rings is 4. The van der Waals surface area contributed by atoms with Gasteiger partial charge >= 0.3 is 35.5 Å². The fourth-order valence-corrected chi connectivity index (χ4v) is 9.14. The Morgan fingerprint density at radius 1 is 0.551 bits per heavy atom. The van der Waals surface area contributed by atoms with Gasteiger partial charge in [0.1, 0.15) is 67.6 Å². The van der Waals surface area contributed by atoms with E-state index >= 15 is 0 Å². The van der Waals surface area contributed by atoms with Gasteiger partial charge in [-0.25, -0.2) is 28.8 Å². The molecule has 89 heavy (non-hydrogen) atoms. The van der Waals surface area contributed by atoms with Crippen LogP contribution in [0.25, 0.3) is 33.2 Å². The summed E-state index contributed by atoms with van der Waals surface area (Å²) in [5.41, 5.74) is 4.63. The lowest BCUT2D eigenvalue weighted by Gasteiger charge is -2.29. The molecule has 18 heteroatoms. The van der Waals surface area contributed by atoms with Crippen LogP contribution in [0.1, 0.15) is 63.5 Å². The van der Waals surface area contributed by atoms with Crippen LogP contribution in [-0.2, 0) is 57.1 Å². The van der Waals surface area contributed by atoms with Crippen molar-refractivity contribution in [3.8, 4) is 16.9 Å². The summed E-state index contributed by atoms with van der Waals surface area (Å²) < 4.78 is 48.2. The maximum atomic E-state index is 12.4. The summed E-state index contributed by atoms with van der Waals surface area (Å²) in [5.74, 6) is -0.653. The van der Waals surface area contributed by atoms with Crippen molar-refractivity contribution in [2.75, 3.05) is 39.6 Å². The summed E-state index contributed by atoms with van der Waals surface area (Å²) in [5, 5.41) is 30.8. The second-order valence-corrected chi connectivity index (χ2v) is 21.2. The van der Waals surface area contributed by atoms with Crippen molar-refractivity contribution >= 4 is 52.0 Å². The molecule has 0 fully saturated rings. The van der Waals surface area contributed by atoms with E-state index < -0.39 is 54.1 Å². The number of aliphatic hydroxyl groups is 3. The molecule has 0 amide bonds. The first-order valence-corrected chi connectivity index (χ1v) is 29.2. The average molecular weight is 1220 g/mol. The standard InChI is InChI=1S/C25H28O6.C24H26O6.C22H20O6/c1-17(2)24(27)29-13-7-6-10-20(26)16-30-21-12-11-19-14-22(18-8-4-3-5-9-18)25(28)31-23(19)15-21;1-2-23(26)28-13-7-6-10-19(25)16-29-20-12-11-18-14-21(17-8-4-3-5-9-17)24(27)30-22(18)15-20;1-14(2)21(24)27-13-17(23)12-26-18-9-8-16-10-19(15-6-4-3-5-7-15)22(25)28-20(16)11-18/h3-5,8-9,11-12,14-15,19-20,23,26H,1,6-7,10,13,16H2,2H3;2-5,8-9,11-12,14-15,18-19,22,25H,1,6-7,10,13,16H2;3-11,17,23H,1,12-13H2,2H3. The molecule has 9 rings (SSSR count). The molecule has 466 valence electrons. The SMILES string of the molecule is C=C(C)C(=O)OCC(O)COc1ccc2cc(-c3ccccc3)c(=O)oc2c1.C=C(C)C(=O)OCCCCC(O)COC1=CC2OC(=O)C(c3ccccc3)=CC2C=C1.C=CC(=O)OCCCCC(O)COC1=CC2OC(=O)C(c3ccccc3)=CC2C=C1. The van der Waals surface area contributed by atoms with Gasteiger partial charge in [-0.1, -0.05) is 135 Å². The van der Waals surface area contributed by atoms with Gasteiger partial charge in [-0.2, -0.15) is 0 Å². The number of hydrogen-bond acceptors (Lipinski definition) is 18. The lowest BCUT2D eigenvalue weighted by Crippen LogP contribution is -2.30. The molecular weight excluding hydrogens is 1140 g/mol. The van der Waals surface area contributed by atoms with Gasteiger partial charge in [0.15, 0.2) is 0 Å². The minimum absolute atomic E-state index is 0.0477. The molecular formula is C71H74O18. The topological polar surface area (TPSA) is 250 Å². The first-order valence-electron chi connectivity index (χ1n) is 29.2. The minimum atomic E-state index is -0.994. The van der Waals surface area contributed by atoms with Crippen LogP contribution in [-0.4, -0.2) is 115 Å². The zero-order valence-electron chi connectivity index (χ0n) is 49.8. The number of aliphatic hydroxyl groups excluding tert-OH is 3. The minimum Gasteiger partial charge on any atom is -0.491 e. The van der Waals surface area contributed by atoms with Crippen LogP contribution < -0.4 is 10.4 Å². The van der Waals surface area contributed by atoms with E-state index in [9.17, 15) is 44.1 Å². The molecule has 5 aromatic rings. The summed E-state index contributed by atoms with van der Waals surface area (Å²) in [6.45, 7) is 14.1. The molecule has 2 aliphatic carbocycles. The lowest BCUT2D eigenvalue weighted by molar-refractivity contribution is -0.143. The molecule has 7 atom stereocenters. The van der Waals surface area contributed by atoms with Crippen molar-refractivity contribution < 1.29 is 81.6 Å². The monoisotopic (exact) mass is 1210 g/mol.